The Morgan fingerprint density at radius 3 is 1.73 bits per heavy atom. The number of esters is 2. The molecule has 0 aliphatic carbocycles. The van der Waals surface area contributed by atoms with Crippen LogP contribution in [0.15, 0.2) is 36.4 Å². The molecule has 0 saturated heterocycles. The first-order chi connectivity index (χ1) is 21.0. The van der Waals surface area contributed by atoms with E-state index in [0.717, 1.165) is 23.0 Å². The van der Waals surface area contributed by atoms with Crippen molar-refractivity contribution in [2.45, 2.75) is 71.3 Å². The molecular formula is C33H47Cl2NO9. The summed E-state index contributed by atoms with van der Waals surface area (Å²) in [5.41, 5.74) is 9.24. The predicted molar refractivity (Wildman–Crippen MR) is 175 cm³/mol. The Hall–Kier alpha value is -3.02. The lowest BCUT2D eigenvalue weighted by atomic mass is 9.84. The van der Waals surface area contributed by atoms with E-state index in [1.54, 1.807) is 40.2 Å². The number of aliphatic carboxylic acids is 1. The van der Waals surface area contributed by atoms with Gasteiger partial charge in [0.25, 0.3) is 0 Å². The molecule has 2 rings (SSSR count). The highest BCUT2D eigenvalue weighted by Crippen LogP contribution is 2.30. The Morgan fingerprint density at radius 2 is 1.29 bits per heavy atom. The Bertz CT molecular complexity index is 1250. The zero-order valence-electron chi connectivity index (χ0n) is 27.4. The second-order valence-electron chi connectivity index (χ2n) is 11.3. The van der Waals surface area contributed by atoms with Crippen molar-refractivity contribution in [2.75, 3.05) is 40.6 Å². The van der Waals surface area contributed by atoms with E-state index in [1.807, 2.05) is 24.3 Å². The van der Waals surface area contributed by atoms with Gasteiger partial charge in [-0.05, 0) is 60.9 Å². The number of carbonyl (C=O) groups is 4. The number of hydrogen-bond acceptors (Lipinski definition) is 9. The van der Waals surface area contributed by atoms with Crippen LogP contribution < -0.4 is 5.73 Å². The van der Waals surface area contributed by atoms with Gasteiger partial charge in [0, 0.05) is 46.7 Å². The lowest BCUT2D eigenvalue weighted by Gasteiger charge is -2.26. The van der Waals surface area contributed by atoms with Gasteiger partial charge in [0.15, 0.2) is 0 Å². The molecule has 2 aromatic carbocycles. The summed E-state index contributed by atoms with van der Waals surface area (Å²) in [5, 5.41) is 9.19. The fraction of sp³-hybridized carbons (Fsp3) is 0.515. The fourth-order valence-electron chi connectivity index (χ4n) is 4.03. The van der Waals surface area contributed by atoms with Crippen LogP contribution >= 0.6 is 23.2 Å². The Morgan fingerprint density at radius 1 is 0.822 bits per heavy atom. The van der Waals surface area contributed by atoms with Gasteiger partial charge >= 0.3 is 17.9 Å². The summed E-state index contributed by atoms with van der Waals surface area (Å²) in [5.74, 6) is -2.15. The van der Waals surface area contributed by atoms with E-state index in [2.05, 4.69) is 32.4 Å². The molecule has 0 spiro atoms. The molecule has 0 fully saturated rings. The maximum atomic E-state index is 11.5. The number of methoxy groups -OCH3 is 2. The molecule has 10 nitrogen and oxygen atoms in total. The number of carboxylic acid groups (broad SMARTS) is 1. The summed E-state index contributed by atoms with van der Waals surface area (Å²) in [6, 6.07) is 10.6. The summed E-state index contributed by atoms with van der Waals surface area (Å²) in [7, 11) is 3.33. The van der Waals surface area contributed by atoms with Crippen LogP contribution in [-0.2, 0) is 44.2 Å². The van der Waals surface area contributed by atoms with Crippen LogP contribution in [0.1, 0.15) is 87.5 Å². The number of hydrogen-bond donors (Lipinski definition) is 2. The lowest BCUT2D eigenvalue weighted by molar-refractivity contribution is -0.151. The van der Waals surface area contributed by atoms with Gasteiger partial charge in [-0.1, -0.05) is 57.0 Å². The van der Waals surface area contributed by atoms with Gasteiger partial charge in [-0.25, -0.2) is 0 Å². The first-order valence-electron chi connectivity index (χ1n) is 14.3. The minimum absolute atomic E-state index is 0.137. The minimum atomic E-state index is -1.16. The van der Waals surface area contributed by atoms with Crippen LogP contribution in [0.5, 0.6) is 0 Å². The summed E-state index contributed by atoms with van der Waals surface area (Å²) in [6.45, 7) is 13.4. The van der Waals surface area contributed by atoms with Crippen molar-refractivity contribution in [1.29, 1.82) is 0 Å². The normalized spacial score (nSPS) is 11.6. The maximum absolute atomic E-state index is 11.5. The highest BCUT2D eigenvalue weighted by atomic mass is 35.5. The van der Waals surface area contributed by atoms with Crippen molar-refractivity contribution < 1.29 is 43.2 Å². The summed E-state index contributed by atoms with van der Waals surface area (Å²) < 4.78 is 19.7. The molecule has 2 aromatic rings. The summed E-state index contributed by atoms with van der Waals surface area (Å²) in [4.78, 5) is 42.3. The van der Waals surface area contributed by atoms with Crippen molar-refractivity contribution in [2.24, 2.45) is 5.73 Å². The number of nitrogens with two attached hydrogens (primary N) is 1. The van der Waals surface area contributed by atoms with Crippen molar-refractivity contribution in [3.8, 4) is 0 Å². The number of aldehydes is 1. The zero-order valence-corrected chi connectivity index (χ0v) is 28.9. The van der Waals surface area contributed by atoms with E-state index in [9.17, 15) is 19.2 Å². The Kier molecular flexibility index (Phi) is 19.5. The standard InChI is InChI=1S/C16H24ClNO3.C12H15ClO2.C5H8O4/c1-5-21-15(19)9-14(18)11-6-12(8-13(17)7-11)16(2,3)10-20-4;1-12(2,8-15-3)10-4-9(7-14)5-11(13)6-10;1-2-9-5(8)3-4(6)7/h6-8,14H,5,9-10,18H2,1-4H3;4-7H,8H2,1-3H3;2-3H2,1H3,(H,6,7). The molecule has 1 atom stereocenters. The van der Waals surface area contributed by atoms with Crippen LogP contribution in [0, 0.1) is 0 Å². The highest BCUT2D eigenvalue weighted by Gasteiger charge is 2.23. The smallest absolute Gasteiger partial charge is 0.317 e. The monoisotopic (exact) mass is 671 g/mol. The second kappa shape index (κ2) is 20.9. The molecular weight excluding hydrogens is 625 g/mol. The number of ether oxygens (including phenoxy) is 4. The van der Waals surface area contributed by atoms with Crippen LogP contribution in [0.25, 0.3) is 0 Å². The zero-order chi connectivity index (χ0) is 34.8. The number of halogens is 2. The van der Waals surface area contributed by atoms with E-state index in [1.165, 1.54) is 0 Å². The van der Waals surface area contributed by atoms with E-state index >= 15 is 0 Å². The first-order valence-corrected chi connectivity index (χ1v) is 15.1. The van der Waals surface area contributed by atoms with Gasteiger partial charge in [-0.3, -0.25) is 19.2 Å². The third kappa shape index (κ3) is 16.7. The Labute approximate surface area is 276 Å². The molecule has 3 N–H and O–H groups in total. The van der Waals surface area contributed by atoms with Crippen LogP contribution in [-0.4, -0.2) is 69.9 Å². The average molecular weight is 673 g/mol. The van der Waals surface area contributed by atoms with Crippen LogP contribution in [0.4, 0.5) is 0 Å². The van der Waals surface area contributed by atoms with E-state index in [0.29, 0.717) is 35.4 Å². The van der Waals surface area contributed by atoms with E-state index in [4.69, 9.17) is 48.3 Å². The van der Waals surface area contributed by atoms with Gasteiger partial charge in [0.2, 0.25) is 0 Å². The SMILES string of the molecule is CCOC(=O)CC(=O)O.CCOC(=O)CC(N)c1cc(Cl)cc(C(C)(C)COC)c1.COCC(C)(C)c1cc(Cl)cc(C=O)c1. The summed E-state index contributed by atoms with van der Waals surface area (Å²) in [6.07, 6.45) is 0.393. The minimum Gasteiger partial charge on any atom is -0.481 e. The number of carbonyl (C=O) groups excluding carboxylic acids is 3. The third-order valence-corrected chi connectivity index (χ3v) is 6.71. The molecule has 252 valence electrons. The van der Waals surface area contributed by atoms with Gasteiger partial charge in [-0.15, -0.1) is 0 Å². The largest absolute Gasteiger partial charge is 0.481 e. The number of benzene rings is 2. The molecule has 1 unspecified atom stereocenters. The molecule has 0 radical (unpaired) electrons. The number of carboxylic acids is 1. The van der Waals surface area contributed by atoms with Gasteiger partial charge in [-0.2, -0.15) is 0 Å². The predicted octanol–water partition coefficient (Wildman–Crippen LogP) is 6.32. The molecule has 0 saturated carbocycles. The molecule has 0 amide bonds. The lowest BCUT2D eigenvalue weighted by Crippen LogP contribution is -2.24. The van der Waals surface area contributed by atoms with Gasteiger partial charge < -0.3 is 29.8 Å². The molecule has 0 aliphatic rings. The fourth-order valence-corrected chi connectivity index (χ4v) is 4.52. The molecule has 12 heteroatoms. The molecule has 0 bridgehead atoms. The average Bonchev–Trinajstić information content (AvgIpc) is 2.93. The first kappa shape index (κ1) is 42.0. The summed E-state index contributed by atoms with van der Waals surface area (Å²) >= 11 is 12.1. The van der Waals surface area contributed by atoms with Crippen LogP contribution in [0.3, 0.4) is 0 Å². The van der Waals surface area contributed by atoms with E-state index in [-0.39, 0.29) is 29.8 Å². The van der Waals surface area contributed by atoms with Crippen molar-refractivity contribution in [3.05, 3.63) is 68.7 Å². The van der Waals surface area contributed by atoms with E-state index < -0.39 is 24.4 Å². The van der Waals surface area contributed by atoms with Crippen LogP contribution in [0.2, 0.25) is 10.0 Å². The topological polar surface area (TPSA) is 151 Å². The third-order valence-electron chi connectivity index (χ3n) is 6.27. The second-order valence-corrected chi connectivity index (χ2v) is 12.2. The molecule has 45 heavy (non-hydrogen) atoms. The number of rotatable bonds is 14. The highest BCUT2D eigenvalue weighted by molar-refractivity contribution is 6.31. The van der Waals surface area contributed by atoms with Gasteiger partial charge in [0.05, 0.1) is 32.8 Å². The molecule has 0 heterocycles. The van der Waals surface area contributed by atoms with Crippen molar-refractivity contribution in [1.82, 2.24) is 0 Å². The molecule has 0 aliphatic heterocycles. The quantitative estimate of drug-likeness (QED) is 0.133. The molecule has 0 aromatic heterocycles. The van der Waals surface area contributed by atoms with Gasteiger partial charge in [0.1, 0.15) is 12.7 Å². The maximum Gasteiger partial charge on any atom is 0.317 e. The van der Waals surface area contributed by atoms with Crippen molar-refractivity contribution >= 4 is 47.4 Å². The Balaban J connectivity index is 0.000000703. The van der Waals surface area contributed by atoms with Crippen molar-refractivity contribution in [3.63, 3.8) is 0 Å².